The number of cyclic esters (lactones) is 1. The second-order valence-electron chi connectivity index (χ2n) is 9.07. The van der Waals surface area contributed by atoms with Crippen LogP contribution < -0.4 is 0 Å². The van der Waals surface area contributed by atoms with E-state index in [2.05, 4.69) is 32.9 Å². The lowest BCUT2D eigenvalue weighted by atomic mass is 9.83. The average molecular weight is 542 g/mol. The van der Waals surface area contributed by atoms with Gasteiger partial charge < -0.3 is 30.2 Å². The third kappa shape index (κ3) is 9.77. The molecule has 1 rings (SSSR count). The maximum atomic E-state index is 13.5. The summed E-state index contributed by atoms with van der Waals surface area (Å²) in [5, 5.41) is 37.5. The monoisotopic (exact) mass is 541 g/mol. The van der Waals surface area contributed by atoms with Crippen molar-refractivity contribution in [1.82, 2.24) is 0 Å². The highest BCUT2D eigenvalue weighted by Crippen LogP contribution is 2.29. The Bertz CT molecular complexity index is 997. The number of carboxylic acids is 1. The van der Waals surface area contributed by atoms with Gasteiger partial charge in [-0.2, -0.15) is 0 Å². The van der Waals surface area contributed by atoms with Crippen molar-refractivity contribution >= 4 is 23.9 Å². The molecular weight excluding hydrogens is 502 g/mol. The molecule has 0 aromatic carbocycles. The number of aliphatic carboxylic acids is 1. The van der Waals surface area contributed by atoms with E-state index in [9.17, 15) is 29.7 Å². The van der Waals surface area contributed by atoms with Crippen LogP contribution in [0.15, 0.2) is 87.3 Å². The number of esters is 1. The topological polar surface area (TPSA) is 154 Å². The molecule has 0 bridgehead atoms. The molecule has 0 spiro atoms. The number of hydrogen-bond acceptors (Lipinski definition) is 8. The van der Waals surface area contributed by atoms with Crippen LogP contribution in [0.5, 0.6) is 0 Å². The first kappa shape index (κ1) is 33.2. The van der Waals surface area contributed by atoms with Crippen molar-refractivity contribution in [3.05, 3.63) is 87.3 Å². The van der Waals surface area contributed by atoms with Crippen LogP contribution in [-0.4, -0.2) is 63.7 Å². The second-order valence-corrected chi connectivity index (χ2v) is 9.07. The minimum absolute atomic E-state index is 0.296. The average Bonchev–Trinajstić information content (AvgIpc) is 2.91. The van der Waals surface area contributed by atoms with E-state index < -0.39 is 66.3 Å². The molecule has 4 N–H and O–H groups in total. The number of carboxylic acid groups (broad SMARTS) is 1. The molecule has 0 saturated heterocycles. The van der Waals surface area contributed by atoms with Gasteiger partial charge in [-0.05, 0) is 18.4 Å². The van der Waals surface area contributed by atoms with Crippen molar-refractivity contribution in [2.24, 2.45) is 23.7 Å². The fraction of sp³-hybridized carbons (Fsp3) is 0.400. The van der Waals surface area contributed by atoms with E-state index in [-0.39, 0.29) is 5.92 Å². The number of nitrogens with one attached hydrogen (secondary N) is 1. The van der Waals surface area contributed by atoms with Gasteiger partial charge in [-0.25, -0.2) is 4.79 Å². The van der Waals surface area contributed by atoms with Gasteiger partial charge in [0.05, 0.1) is 24.5 Å². The molecule has 1 aliphatic rings. The Hall–Kier alpha value is -3.82. The number of hydrogen-bond donors (Lipinski definition) is 4. The molecule has 0 amide bonds. The molecule has 8 unspecified atom stereocenters. The Morgan fingerprint density at radius 1 is 1.13 bits per heavy atom. The molecule has 9 heteroatoms. The zero-order chi connectivity index (χ0) is 29.5. The molecule has 1 aliphatic heterocycles. The van der Waals surface area contributed by atoms with Gasteiger partial charge in [-0.1, -0.05) is 62.1 Å². The first-order valence-electron chi connectivity index (χ1n) is 12.6. The standard InChI is InChI=1S/C30H39NO8/c1-6-20-13-11-12-19(18-31)14-15-24(32)28(36)30(37)39-29(20)22(8-3)16-21(7-2)27(35)23(9-4)25(38-10-5)17-26(33)34/h6-10,14-16,18-21,23-25,28-29,31-32,36H,1-5,11-13,17H2,(H,33,34)/b15-14+,22-16+,31-18?. The molecule has 8 atom stereocenters. The summed E-state index contributed by atoms with van der Waals surface area (Å²) in [4.78, 5) is 37.6. The summed E-state index contributed by atoms with van der Waals surface area (Å²) in [7, 11) is 0. The van der Waals surface area contributed by atoms with E-state index in [1.54, 1.807) is 12.2 Å². The van der Waals surface area contributed by atoms with Crippen LogP contribution in [0.3, 0.4) is 0 Å². The summed E-state index contributed by atoms with van der Waals surface area (Å²) in [6, 6.07) is 0. The lowest BCUT2D eigenvalue weighted by Crippen LogP contribution is -2.39. The van der Waals surface area contributed by atoms with Gasteiger partial charge in [0.2, 0.25) is 0 Å². The van der Waals surface area contributed by atoms with Crippen molar-refractivity contribution < 1.29 is 39.2 Å². The van der Waals surface area contributed by atoms with Crippen molar-refractivity contribution in [2.75, 3.05) is 0 Å². The lowest BCUT2D eigenvalue weighted by Gasteiger charge is -2.29. The van der Waals surface area contributed by atoms with Gasteiger partial charge in [0.25, 0.3) is 0 Å². The fourth-order valence-electron chi connectivity index (χ4n) is 4.30. The van der Waals surface area contributed by atoms with Crippen LogP contribution in [0.25, 0.3) is 0 Å². The molecular formula is C30H39NO8. The van der Waals surface area contributed by atoms with E-state index >= 15 is 0 Å². The number of carbonyl (C=O) groups is 3. The molecule has 212 valence electrons. The minimum atomic E-state index is -1.89. The summed E-state index contributed by atoms with van der Waals surface area (Å²) >= 11 is 0. The Morgan fingerprint density at radius 2 is 1.82 bits per heavy atom. The predicted molar refractivity (Wildman–Crippen MR) is 149 cm³/mol. The summed E-state index contributed by atoms with van der Waals surface area (Å²) in [6.45, 7) is 18.5. The van der Waals surface area contributed by atoms with Crippen LogP contribution in [0.1, 0.15) is 25.7 Å². The zero-order valence-electron chi connectivity index (χ0n) is 22.1. The summed E-state index contributed by atoms with van der Waals surface area (Å²) in [5.74, 6) is -5.48. The fourth-order valence-corrected chi connectivity index (χ4v) is 4.30. The normalized spacial score (nSPS) is 27.5. The highest BCUT2D eigenvalue weighted by molar-refractivity contribution is 5.89. The first-order valence-corrected chi connectivity index (χ1v) is 12.6. The summed E-state index contributed by atoms with van der Waals surface area (Å²) < 4.78 is 10.9. The molecule has 0 aliphatic carbocycles. The molecule has 0 aromatic rings. The Morgan fingerprint density at radius 3 is 2.33 bits per heavy atom. The van der Waals surface area contributed by atoms with Crippen molar-refractivity contribution in [3.8, 4) is 0 Å². The van der Waals surface area contributed by atoms with E-state index in [0.717, 1.165) is 6.26 Å². The number of ketones is 1. The van der Waals surface area contributed by atoms with Crippen LogP contribution in [0, 0.1) is 29.1 Å². The molecule has 0 saturated carbocycles. The van der Waals surface area contributed by atoms with Gasteiger partial charge in [0.1, 0.15) is 18.3 Å². The van der Waals surface area contributed by atoms with E-state index in [0.29, 0.717) is 24.8 Å². The quantitative estimate of drug-likeness (QED) is 0.0853. The van der Waals surface area contributed by atoms with Gasteiger partial charge in [-0.15, -0.1) is 19.7 Å². The minimum Gasteiger partial charge on any atom is -0.497 e. The predicted octanol–water partition coefficient (Wildman–Crippen LogP) is 3.72. The highest BCUT2D eigenvalue weighted by Gasteiger charge is 2.35. The largest absolute Gasteiger partial charge is 0.497 e. The molecule has 0 radical (unpaired) electrons. The molecule has 9 nitrogen and oxygen atoms in total. The van der Waals surface area contributed by atoms with E-state index in [1.165, 1.54) is 36.6 Å². The number of allylic oxidation sites excluding steroid dienone is 3. The second kappa shape index (κ2) is 16.9. The van der Waals surface area contributed by atoms with Crippen molar-refractivity contribution in [1.29, 1.82) is 5.41 Å². The SMILES string of the molecule is C=COC(CC(=O)O)C(C=C)C(=O)C(C=C)/C=C(\C=C)C1OC(=O)C(O)C(O)/C=C/C(C=N)CCCC1C=C. The van der Waals surface area contributed by atoms with Crippen LogP contribution >= 0.6 is 0 Å². The van der Waals surface area contributed by atoms with Crippen LogP contribution in [0.2, 0.25) is 0 Å². The zero-order valence-corrected chi connectivity index (χ0v) is 22.1. The molecule has 0 fully saturated rings. The highest BCUT2D eigenvalue weighted by atomic mass is 16.6. The Balaban J connectivity index is 3.49. The smallest absolute Gasteiger partial charge is 0.338 e. The molecule has 1 heterocycles. The van der Waals surface area contributed by atoms with E-state index in [1.807, 2.05) is 0 Å². The van der Waals surface area contributed by atoms with E-state index in [4.69, 9.17) is 14.9 Å². The van der Waals surface area contributed by atoms with Gasteiger partial charge in [0, 0.05) is 18.1 Å². The maximum Gasteiger partial charge on any atom is 0.338 e. The first-order chi connectivity index (χ1) is 18.6. The third-order valence-corrected chi connectivity index (χ3v) is 6.49. The van der Waals surface area contributed by atoms with Crippen LogP contribution in [-0.2, 0) is 23.9 Å². The molecule has 0 aromatic heterocycles. The van der Waals surface area contributed by atoms with Crippen molar-refractivity contribution in [2.45, 2.75) is 50.1 Å². The third-order valence-electron chi connectivity index (χ3n) is 6.49. The number of Topliss-reactive ketones (excluding diaryl/α,β-unsaturated/α-hetero) is 1. The number of carbonyl (C=O) groups excluding carboxylic acids is 2. The maximum absolute atomic E-state index is 13.5. The molecule has 39 heavy (non-hydrogen) atoms. The number of aliphatic hydroxyl groups is 2. The number of rotatable bonds is 14. The van der Waals surface area contributed by atoms with Crippen LogP contribution in [0.4, 0.5) is 0 Å². The van der Waals surface area contributed by atoms with Crippen molar-refractivity contribution in [3.63, 3.8) is 0 Å². The lowest BCUT2D eigenvalue weighted by molar-refractivity contribution is -0.163. The van der Waals surface area contributed by atoms with Gasteiger partial charge in [-0.3, -0.25) is 9.59 Å². The number of aliphatic hydroxyl groups excluding tert-OH is 2. The summed E-state index contributed by atoms with van der Waals surface area (Å²) in [6.07, 6.45) is 7.96. The van der Waals surface area contributed by atoms with Gasteiger partial charge in [0.15, 0.2) is 11.9 Å². The summed E-state index contributed by atoms with van der Waals surface area (Å²) in [5.41, 5.74) is 0.326. The van der Waals surface area contributed by atoms with Gasteiger partial charge >= 0.3 is 11.9 Å². The Kier molecular flexibility index (Phi) is 14.4. The Labute approximate surface area is 229 Å². The number of ether oxygens (including phenoxy) is 2.